The number of likely N-dealkylation sites (N-methyl/N-ethyl adjacent to an activating group) is 1. The third-order valence-corrected chi connectivity index (χ3v) is 3.10. The largest absolute Gasteiger partial charge is 0.478 e. The Morgan fingerprint density at radius 2 is 2.00 bits per heavy atom. The molecule has 0 amide bonds. The predicted molar refractivity (Wildman–Crippen MR) is 62.0 cm³/mol. The van der Waals surface area contributed by atoms with Crippen LogP contribution < -0.4 is 5.50 Å². The summed E-state index contributed by atoms with van der Waals surface area (Å²) < 4.78 is 17.3. The van der Waals surface area contributed by atoms with Gasteiger partial charge in [-0.15, -0.1) is 0 Å². The summed E-state index contributed by atoms with van der Waals surface area (Å²) in [6.45, 7) is 2.19. The molecule has 1 unspecified atom stereocenters. The molecule has 0 aliphatic heterocycles. The highest BCUT2D eigenvalue weighted by Gasteiger charge is 2.17. The van der Waals surface area contributed by atoms with Gasteiger partial charge in [0, 0.05) is 11.4 Å². The average molecular weight is 251 g/mol. The van der Waals surface area contributed by atoms with Crippen LogP contribution in [0.1, 0.15) is 6.92 Å². The fraction of sp³-hybridized carbons (Fsp3) is 0.667. The molecule has 16 heavy (non-hydrogen) atoms. The van der Waals surface area contributed by atoms with Crippen LogP contribution in [0.3, 0.4) is 0 Å². The van der Waals surface area contributed by atoms with Crippen LogP contribution in [0.25, 0.3) is 0 Å². The Morgan fingerprint density at radius 3 is 2.38 bits per heavy atom. The van der Waals surface area contributed by atoms with Gasteiger partial charge in [0.15, 0.2) is 0 Å². The van der Waals surface area contributed by atoms with E-state index in [2.05, 4.69) is 0 Å². The molecular formula is C9H20N2O4P+. The number of aliphatic carboxylic acids is 1. The molecule has 0 aromatic rings. The van der Waals surface area contributed by atoms with Gasteiger partial charge in [-0.25, -0.2) is 4.79 Å². The van der Waals surface area contributed by atoms with Crippen LogP contribution in [0.2, 0.25) is 0 Å². The number of hydrogen-bond donors (Lipinski definition) is 2. The van der Waals surface area contributed by atoms with Gasteiger partial charge in [0.25, 0.3) is 7.52 Å². The zero-order valence-corrected chi connectivity index (χ0v) is 11.0. The Labute approximate surface area is 95.8 Å². The van der Waals surface area contributed by atoms with Crippen molar-refractivity contribution >= 4 is 13.5 Å². The van der Waals surface area contributed by atoms with Crippen molar-refractivity contribution in [3.05, 3.63) is 11.4 Å². The maximum atomic E-state index is 11.6. The SMILES string of the molecule is CC(=CP(N)(=O)OCC[N+](C)(C)C)C(=O)O. The van der Waals surface area contributed by atoms with Crippen molar-refractivity contribution in [2.45, 2.75) is 6.92 Å². The van der Waals surface area contributed by atoms with E-state index < -0.39 is 13.5 Å². The topological polar surface area (TPSA) is 89.6 Å². The van der Waals surface area contributed by atoms with Crippen LogP contribution in [0.4, 0.5) is 0 Å². The van der Waals surface area contributed by atoms with E-state index in [0.29, 0.717) is 11.0 Å². The molecule has 0 radical (unpaired) electrons. The smallest absolute Gasteiger partial charge is 0.331 e. The zero-order valence-electron chi connectivity index (χ0n) is 10.1. The van der Waals surface area contributed by atoms with Crippen molar-refractivity contribution in [3.63, 3.8) is 0 Å². The summed E-state index contributed by atoms with van der Waals surface area (Å²) in [5.41, 5.74) is 5.30. The highest BCUT2D eigenvalue weighted by molar-refractivity contribution is 7.59. The molecule has 0 saturated carbocycles. The zero-order chi connectivity index (χ0) is 13.0. The van der Waals surface area contributed by atoms with E-state index in [9.17, 15) is 9.36 Å². The van der Waals surface area contributed by atoms with E-state index in [-0.39, 0.29) is 12.2 Å². The summed E-state index contributed by atoms with van der Waals surface area (Å²) in [7, 11) is 2.44. The maximum absolute atomic E-state index is 11.6. The number of nitrogens with two attached hydrogens (primary N) is 1. The second kappa shape index (κ2) is 5.59. The number of nitrogens with zero attached hydrogens (tertiary/aromatic N) is 1. The van der Waals surface area contributed by atoms with Gasteiger partial charge in [0.1, 0.15) is 13.2 Å². The molecule has 3 N–H and O–H groups in total. The summed E-state index contributed by atoms with van der Waals surface area (Å²) >= 11 is 0. The van der Waals surface area contributed by atoms with Gasteiger partial charge in [-0.05, 0) is 6.92 Å². The standard InChI is InChI=1S/C9H19N2O4P/c1-8(9(12)13)7-16(10,14)15-6-5-11(2,3)4/h7H,5-6H2,1-4H3,(H2-,10,12,13,14)/p+1. The third-order valence-electron chi connectivity index (χ3n) is 1.77. The maximum Gasteiger partial charge on any atom is 0.331 e. The fourth-order valence-corrected chi connectivity index (χ4v) is 1.91. The van der Waals surface area contributed by atoms with Crippen LogP contribution >= 0.6 is 7.52 Å². The first-order valence-electron chi connectivity index (χ1n) is 4.79. The number of rotatable bonds is 6. The molecule has 1 atom stereocenters. The van der Waals surface area contributed by atoms with Crippen LogP contribution in [-0.2, 0) is 13.9 Å². The van der Waals surface area contributed by atoms with Crippen molar-refractivity contribution in [2.24, 2.45) is 5.50 Å². The van der Waals surface area contributed by atoms with E-state index >= 15 is 0 Å². The molecule has 7 heteroatoms. The van der Waals surface area contributed by atoms with Crippen molar-refractivity contribution in [1.82, 2.24) is 0 Å². The Kier molecular flexibility index (Phi) is 5.35. The van der Waals surface area contributed by atoms with Crippen LogP contribution in [0.5, 0.6) is 0 Å². The lowest BCUT2D eigenvalue weighted by Gasteiger charge is -2.24. The van der Waals surface area contributed by atoms with Gasteiger partial charge in [0.2, 0.25) is 0 Å². The van der Waals surface area contributed by atoms with Crippen LogP contribution in [0.15, 0.2) is 11.4 Å². The summed E-state index contributed by atoms with van der Waals surface area (Å²) in [6, 6.07) is 0. The molecule has 6 nitrogen and oxygen atoms in total. The quantitative estimate of drug-likeness (QED) is 0.415. The molecular weight excluding hydrogens is 231 g/mol. The van der Waals surface area contributed by atoms with E-state index in [1.165, 1.54) is 6.92 Å². The Bertz CT molecular complexity index is 333. The molecule has 0 aliphatic carbocycles. The Balaban J connectivity index is 4.32. The molecule has 0 rings (SSSR count). The monoisotopic (exact) mass is 251 g/mol. The molecule has 0 bridgehead atoms. The van der Waals surface area contributed by atoms with E-state index in [1.54, 1.807) is 0 Å². The van der Waals surface area contributed by atoms with E-state index in [1.807, 2.05) is 21.1 Å². The minimum Gasteiger partial charge on any atom is -0.478 e. The van der Waals surface area contributed by atoms with Gasteiger partial charge in [-0.2, -0.15) is 0 Å². The molecule has 0 heterocycles. The number of carboxylic acid groups (broad SMARTS) is 1. The molecule has 0 fully saturated rings. The van der Waals surface area contributed by atoms with Crippen molar-refractivity contribution < 1.29 is 23.5 Å². The van der Waals surface area contributed by atoms with Gasteiger partial charge < -0.3 is 14.1 Å². The fourth-order valence-electron chi connectivity index (χ4n) is 0.820. The third kappa shape index (κ3) is 7.59. The average Bonchev–Trinajstić information content (AvgIpc) is 1.99. The molecule has 0 aliphatic rings. The number of quaternary nitrogens is 1. The van der Waals surface area contributed by atoms with Crippen LogP contribution in [0, 0.1) is 0 Å². The molecule has 0 spiro atoms. The van der Waals surface area contributed by atoms with Gasteiger partial charge in [-0.3, -0.25) is 10.1 Å². The summed E-state index contributed by atoms with van der Waals surface area (Å²) in [5, 5.41) is 8.60. The lowest BCUT2D eigenvalue weighted by Crippen LogP contribution is -2.37. The minimum absolute atomic E-state index is 0.0731. The Hall–Kier alpha value is -0.680. The van der Waals surface area contributed by atoms with Crippen LogP contribution in [-0.4, -0.2) is 49.9 Å². The molecule has 0 aromatic carbocycles. The molecule has 0 aromatic heterocycles. The highest BCUT2D eigenvalue weighted by atomic mass is 31.2. The molecule has 94 valence electrons. The number of carbonyl (C=O) groups is 1. The second-order valence-corrected chi connectivity index (χ2v) is 6.42. The second-order valence-electron chi connectivity index (χ2n) is 4.61. The van der Waals surface area contributed by atoms with Crippen molar-refractivity contribution in [2.75, 3.05) is 34.3 Å². The first-order chi connectivity index (χ1) is 7.03. The predicted octanol–water partition coefficient (Wildman–Crippen LogP) is 0.849. The first-order valence-corrected chi connectivity index (χ1v) is 6.56. The lowest BCUT2D eigenvalue weighted by atomic mass is 10.4. The van der Waals surface area contributed by atoms with Gasteiger partial charge in [-0.1, -0.05) is 0 Å². The van der Waals surface area contributed by atoms with Crippen molar-refractivity contribution in [3.8, 4) is 0 Å². The highest BCUT2D eigenvalue weighted by Crippen LogP contribution is 2.40. The van der Waals surface area contributed by atoms with E-state index in [0.717, 1.165) is 5.82 Å². The van der Waals surface area contributed by atoms with E-state index in [4.69, 9.17) is 15.1 Å². The minimum atomic E-state index is -3.44. The van der Waals surface area contributed by atoms with Gasteiger partial charge >= 0.3 is 5.97 Å². The Morgan fingerprint density at radius 1 is 1.50 bits per heavy atom. The summed E-state index contributed by atoms with van der Waals surface area (Å²) in [4.78, 5) is 10.5. The number of hydrogen-bond acceptors (Lipinski definition) is 3. The normalized spacial score (nSPS) is 16.9. The first kappa shape index (κ1) is 15.3. The summed E-state index contributed by atoms with van der Waals surface area (Å²) in [6.07, 6.45) is 0. The van der Waals surface area contributed by atoms with Crippen molar-refractivity contribution in [1.29, 1.82) is 0 Å². The van der Waals surface area contributed by atoms with Gasteiger partial charge in [0.05, 0.1) is 21.1 Å². The lowest BCUT2D eigenvalue weighted by molar-refractivity contribution is -0.870. The summed E-state index contributed by atoms with van der Waals surface area (Å²) in [5.74, 6) is -0.175. The number of carboxylic acids is 1. The molecule has 0 saturated heterocycles.